The van der Waals surface area contributed by atoms with E-state index >= 15 is 0 Å². The van der Waals surface area contributed by atoms with Crippen LogP contribution < -0.4 is 5.63 Å². The van der Waals surface area contributed by atoms with Crippen molar-refractivity contribution in [2.24, 2.45) is 0 Å². The van der Waals surface area contributed by atoms with Crippen LogP contribution in [0.5, 0.6) is 0 Å². The molecule has 0 amide bonds. The van der Waals surface area contributed by atoms with Crippen LogP contribution in [0.3, 0.4) is 0 Å². The van der Waals surface area contributed by atoms with E-state index in [-0.39, 0.29) is 5.63 Å². The molecule has 2 aromatic carbocycles. The molecule has 2 nitrogen and oxygen atoms in total. The minimum absolute atomic E-state index is 0.303. The molecule has 0 N–H and O–H groups in total. The van der Waals surface area contributed by atoms with Crippen molar-refractivity contribution < 1.29 is 4.42 Å². The van der Waals surface area contributed by atoms with E-state index in [1.54, 1.807) is 0 Å². The fraction of sp³-hybridized carbons (Fsp3) is 0.0556. The predicted octanol–water partition coefficient (Wildman–Crippen LogP) is 4.27. The Kier molecular flexibility index (Phi) is 3.21. The van der Waals surface area contributed by atoms with Gasteiger partial charge in [-0.25, -0.2) is 4.79 Å². The molecule has 0 fully saturated rings. The largest absolute Gasteiger partial charge is 0.423 e. The van der Waals surface area contributed by atoms with E-state index in [9.17, 15) is 4.79 Å². The number of fused-ring (bicyclic) bond motifs is 1. The van der Waals surface area contributed by atoms with E-state index in [1.165, 1.54) is 6.07 Å². The first-order chi connectivity index (χ1) is 9.72. The Hall–Kier alpha value is -2.61. The van der Waals surface area contributed by atoms with Crippen molar-refractivity contribution in [2.45, 2.75) is 6.92 Å². The SMILES string of the molecule is Cc1cc(=O)oc2ccc(/C=C\c3ccccc3)cc12. The van der Waals surface area contributed by atoms with E-state index in [0.717, 1.165) is 22.1 Å². The van der Waals surface area contributed by atoms with Crippen LogP contribution in [0.15, 0.2) is 63.8 Å². The topological polar surface area (TPSA) is 30.2 Å². The van der Waals surface area contributed by atoms with Crippen LogP contribution in [-0.2, 0) is 0 Å². The zero-order chi connectivity index (χ0) is 13.9. The summed E-state index contributed by atoms with van der Waals surface area (Å²) in [7, 11) is 0. The second-order valence-electron chi connectivity index (χ2n) is 4.75. The third-order valence-electron chi connectivity index (χ3n) is 3.24. The molecular formula is C18H14O2. The fourth-order valence-electron chi connectivity index (χ4n) is 2.20. The summed E-state index contributed by atoms with van der Waals surface area (Å²) >= 11 is 0. The normalized spacial score (nSPS) is 11.2. The van der Waals surface area contributed by atoms with Gasteiger partial charge in [0.05, 0.1) is 0 Å². The molecule has 0 aliphatic heterocycles. The van der Waals surface area contributed by atoms with E-state index < -0.39 is 0 Å². The monoisotopic (exact) mass is 262 g/mol. The summed E-state index contributed by atoms with van der Waals surface area (Å²) in [6.07, 6.45) is 4.12. The lowest BCUT2D eigenvalue weighted by Gasteiger charge is -2.01. The lowest BCUT2D eigenvalue weighted by Crippen LogP contribution is -1.97. The number of hydrogen-bond donors (Lipinski definition) is 0. The molecule has 1 heterocycles. The maximum Gasteiger partial charge on any atom is 0.336 e. The summed E-state index contributed by atoms with van der Waals surface area (Å²) in [5.41, 5.74) is 3.50. The molecule has 98 valence electrons. The highest BCUT2D eigenvalue weighted by Crippen LogP contribution is 2.19. The minimum Gasteiger partial charge on any atom is -0.423 e. The van der Waals surface area contributed by atoms with Gasteiger partial charge in [0.15, 0.2) is 0 Å². The van der Waals surface area contributed by atoms with Crippen LogP contribution in [-0.4, -0.2) is 0 Å². The van der Waals surface area contributed by atoms with Gasteiger partial charge in [-0.05, 0) is 35.7 Å². The van der Waals surface area contributed by atoms with Crippen molar-refractivity contribution in [2.75, 3.05) is 0 Å². The smallest absolute Gasteiger partial charge is 0.336 e. The second kappa shape index (κ2) is 5.17. The van der Waals surface area contributed by atoms with Crippen LogP contribution in [0.25, 0.3) is 23.1 Å². The molecule has 0 radical (unpaired) electrons. The molecule has 3 aromatic rings. The summed E-state index contributed by atoms with van der Waals surface area (Å²) in [6, 6.07) is 17.5. The number of hydrogen-bond acceptors (Lipinski definition) is 2. The Morgan fingerprint density at radius 3 is 2.45 bits per heavy atom. The van der Waals surface area contributed by atoms with Gasteiger partial charge >= 0.3 is 5.63 Å². The molecule has 0 aliphatic rings. The number of rotatable bonds is 2. The average Bonchev–Trinajstić information content (AvgIpc) is 2.46. The minimum atomic E-state index is -0.303. The third kappa shape index (κ3) is 2.54. The zero-order valence-electron chi connectivity index (χ0n) is 11.2. The Morgan fingerprint density at radius 2 is 1.65 bits per heavy atom. The van der Waals surface area contributed by atoms with Crippen LogP contribution in [0.1, 0.15) is 16.7 Å². The molecule has 0 spiro atoms. The summed E-state index contributed by atoms with van der Waals surface area (Å²) in [6.45, 7) is 1.92. The lowest BCUT2D eigenvalue weighted by atomic mass is 10.1. The van der Waals surface area contributed by atoms with Gasteiger partial charge in [0, 0.05) is 11.5 Å². The van der Waals surface area contributed by atoms with Gasteiger partial charge in [0.25, 0.3) is 0 Å². The summed E-state index contributed by atoms with van der Waals surface area (Å²) in [5.74, 6) is 0. The molecule has 0 aliphatic carbocycles. The Labute approximate surface area is 117 Å². The maximum atomic E-state index is 11.3. The van der Waals surface area contributed by atoms with Gasteiger partial charge in [-0.15, -0.1) is 0 Å². The summed E-state index contributed by atoms with van der Waals surface area (Å²) in [4.78, 5) is 11.3. The summed E-state index contributed by atoms with van der Waals surface area (Å²) < 4.78 is 5.18. The molecule has 0 atom stereocenters. The predicted molar refractivity (Wildman–Crippen MR) is 82.6 cm³/mol. The molecule has 0 bridgehead atoms. The van der Waals surface area contributed by atoms with Crippen LogP contribution in [0, 0.1) is 6.92 Å². The molecule has 3 rings (SSSR count). The summed E-state index contributed by atoms with van der Waals surface area (Å²) in [5, 5.41) is 0.972. The zero-order valence-corrected chi connectivity index (χ0v) is 11.2. The van der Waals surface area contributed by atoms with Crippen molar-refractivity contribution in [1.82, 2.24) is 0 Å². The third-order valence-corrected chi connectivity index (χ3v) is 3.24. The molecular weight excluding hydrogens is 248 g/mol. The van der Waals surface area contributed by atoms with Crippen molar-refractivity contribution in [3.8, 4) is 0 Å². The highest BCUT2D eigenvalue weighted by molar-refractivity contribution is 5.84. The molecule has 0 saturated heterocycles. The first kappa shape index (κ1) is 12.4. The first-order valence-corrected chi connectivity index (χ1v) is 6.50. The van der Waals surface area contributed by atoms with Gasteiger partial charge in [-0.2, -0.15) is 0 Å². The van der Waals surface area contributed by atoms with E-state index in [0.29, 0.717) is 5.58 Å². The Morgan fingerprint density at radius 1 is 0.900 bits per heavy atom. The van der Waals surface area contributed by atoms with E-state index in [4.69, 9.17) is 4.42 Å². The van der Waals surface area contributed by atoms with Crippen LogP contribution in [0.4, 0.5) is 0 Å². The van der Waals surface area contributed by atoms with Crippen molar-refractivity contribution >= 4 is 23.1 Å². The quantitative estimate of drug-likeness (QED) is 0.510. The molecule has 20 heavy (non-hydrogen) atoms. The average molecular weight is 262 g/mol. The van der Waals surface area contributed by atoms with Gasteiger partial charge in [-0.3, -0.25) is 0 Å². The number of benzene rings is 2. The van der Waals surface area contributed by atoms with Gasteiger partial charge in [-0.1, -0.05) is 48.6 Å². The van der Waals surface area contributed by atoms with Crippen LogP contribution >= 0.6 is 0 Å². The highest BCUT2D eigenvalue weighted by Gasteiger charge is 2.02. The second-order valence-corrected chi connectivity index (χ2v) is 4.75. The standard InChI is InChI=1S/C18H14O2/c1-13-11-18(19)20-17-10-9-15(12-16(13)17)8-7-14-5-3-2-4-6-14/h2-12H,1H3/b8-7-. The van der Waals surface area contributed by atoms with Crippen LogP contribution in [0.2, 0.25) is 0 Å². The number of aryl methyl sites for hydroxylation is 1. The lowest BCUT2D eigenvalue weighted by molar-refractivity contribution is 0.560. The maximum absolute atomic E-state index is 11.3. The molecule has 1 aromatic heterocycles. The Balaban J connectivity index is 2.01. The van der Waals surface area contributed by atoms with E-state index in [2.05, 4.69) is 24.3 Å². The van der Waals surface area contributed by atoms with Crippen molar-refractivity contribution in [3.63, 3.8) is 0 Å². The molecule has 2 heteroatoms. The van der Waals surface area contributed by atoms with Crippen molar-refractivity contribution in [3.05, 3.63) is 81.7 Å². The van der Waals surface area contributed by atoms with Gasteiger partial charge < -0.3 is 4.42 Å². The fourth-order valence-corrected chi connectivity index (χ4v) is 2.20. The van der Waals surface area contributed by atoms with E-state index in [1.807, 2.05) is 43.3 Å². The Bertz CT molecular complexity index is 827. The molecule has 0 saturated carbocycles. The van der Waals surface area contributed by atoms with Gasteiger partial charge in [0.1, 0.15) is 5.58 Å². The molecule has 0 unspecified atom stereocenters. The van der Waals surface area contributed by atoms with Gasteiger partial charge in [0.2, 0.25) is 0 Å². The first-order valence-electron chi connectivity index (χ1n) is 6.50. The van der Waals surface area contributed by atoms with Crippen molar-refractivity contribution in [1.29, 1.82) is 0 Å². The highest BCUT2D eigenvalue weighted by atomic mass is 16.4.